The standard InChI is InChI=1S/C12H18FNO2/c1-16-9-11(6-7-15)14-8-10-4-2-3-5-12(10)13/h2-5,11,14-15H,6-9H2,1H3. The van der Waals surface area contributed by atoms with Gasteiger partial charge in [-0.15, -0.1) is 0 Å². The lowest BCUT2D eigenvalue weighted by Crippen LogP contribution is -2.33. The van der Waals surface area contributed by atoms with E-state index in [9.17, 15) is 4.39 Å². The molecule has 0 saturated carbocycles. The fraction of sp³-hybridized carbons (Fsp3) is 0.500. The van der Waals surface area contributed by atoms with Crippen LogP contribution in [0.2, 0.25) is 0 Å². The van der Waals surface area contributed by atoms with Gasteiger partial charge in [0.1, 0.15) is 5.82 Å². The van der Waals surface area contributed by atoms with Crippen molar-refractivity contribution in [3.05, 3.63) is 35.6 Å². The zero-order valence-electron chi connectivity index (χ0n) is 9.45. The molecule has 1 aromatic carbocycles. The van der Waals surface area contributed by atoms with E-state index in [0.717, 1.165) is 0 Å². The van der Waals surface area contributed by atoms with Crippen LogP contribution in [0.4, 0.5) is 4.39 Å². The van der Waals surface area contributed by atoms with Gasteiger partial charge < -0.3 is 15.2 Å². The van der Waals surface area contributed by atoms with Crippen LogP contribution in [0.15, 0.2) is 24.3 Å². The highest BCUT2D eigenvalue weighted by Crippen LogP contribution is 2.06. The Morgan fingerprint density at radius 2 is 2.19 bits per heavy atom. The maximum absolute atomic E-state index is 13.3. The number of hydrogen-bond acceptors (Lipinski definition) is 3. The number of hydrogen-bond donors (Lipinski definition) is 2. The Labute approximate surface area is 95.2 Å². The molecule has 90 valence electrons. The molecule has 0 aliphatic heterocycles. The summed E-state index contributed by atoms with van der Waals surface area (Å²) < 4.78 is 18.3. The Balaban J connectivity index is 2.45. The van der Waals surface area contributed by atoms with Gasteiger partial charge in [-0.1, -0.05) is 18.2 Å². The van der Waals surface area contributed by atoms with Gasteiger partial charge in [0.25, 0.3) is 0 Å². The van der Waals surface area contributed by atoms with Crippen LogP contribution in [0.1, 0.15) is 12.0 Å². The first-order valence-corrected chi connectivity index (χ1v) is 5.34. The summed E-state index contributed by atoms with van der Waals surface area (Å²) in [6.07, 6.45) is 0.599. The van der Waals surface area contributed by atoms with Crippen LogP contribution in [0.5, 0.6) is 0 Å². The Hall–Kier alpha value is -0.970. The molecule has 0 aliphatic rings. The van der Waals surface area contributed by atoms with Gasteiger partial charge in [-0.25, -0.2) is 4.39 Å². The summed E-state index contributed by atoms with van der Waals surface area (Å²) in [5, 5.41) is 12.0. The van der Waals surface area contributed by atoms with E-state index in [0.29, 0.717) is 25.1 Å². The number of rotatable bonds is 7. The van der Waals surface area contributed by atoms with Crippen LogP contribution in [-0.2, 0) is 11.3 Å². The van der Waals surface area contributed by atoms with Gasteiger partial charge in [-0.2, -0.15) is 0 Å². The van der Waals surface area contributed by atoms with E-state index in [-0.39, 0.29) is 18.5 Å². The molecule has 1 rings (SSSR count). The summed E-state index contributed by atoms with van der Waals surface area (Å²) in [4.78, 5) is 0. The van der Waals surface area contributed by atoms with Crippen LogP contribution in [0, 0.1) is 5.82 Å². The Morgan fingerprint density at radius 3 is 2.81 bits per heavy atom. The Bertz CT molecular complexity index is 301. The Kier molecular flexibility index (Phi) is 6.00. The molecule has 0 spiro atoms. The smallest absolute Gasteiger partial charge is 0.127 e. The summed E-state index contributed by atoms with van der Waals surface area (Å²) in [7, 11) is 1.61. The van der Waals surface area contributed by atoms with Gasteiger partial charge in [0, 0.05) is 31.9 Å². The van der Waals surface area contributed by atoms with E-state index in [1.807, 2.05) is 0 Å². The molecule has 3 nitrogen and oxygen atoms in total. The molecule has 0 fully saturated rings. The molecule has 0 saturated heterocycles. The van der Waals surface area contributed by atoms with E-state index in [1.54, 1.807) is 25.3 Å². The fourth-order valence-electron chi connectivity index (χ4n) is 1.50. The third kappa shape index (κ3) is 4.26. The van der Waals surface area contributed by atoms with Gasteiger partial charge in [0.15, 0.2) is 0 Å². The molecular weight excluding hydrogens is 209 g/mol. The molecule has 4 heteroatoms. The molecule has 0 aromatic heterocycles. The van der Waals surface area contributed by atoms with Gasteiger partial charge >= 0.3 is 0 Å². The number of ether oxygens (including phenoxy) is 1. The lowest BCUT2D eigenvalue weighted by Gasteiger charge is -2.16. The SMILES string of the molecule is COCC(CCO)NCc1ccccc1F. The van der Waals surface area contributed by atoms with Gasteiger partial charge in [0.05, 0.1) is 6.61 Å². The van der Waals surface area contributed by atoms with E-state index in [4.69, 9.17) is 9.84 Å². The topological polar surface area (TPSA) is 41.5 Å². The lowest BCUT2D eigenvalue weighted by atomic mass is 10.1. The number of benzene rings is 1. The van der Waals surface area contributed by atoms with E-state index < -0.39 is 0 Å². The minimum absolute atomic E-state index is 0.0506. The maximum Gasteiger partial charge on any atom is 0.127 e. The second kappa shape index (κ2) is 7.33. The summed E-state index contributed by atoms with van der Waals surface area (Å²) in [6, 6.07) is 6.70. The van der Waals surface area contributed by atoms with Crippen LogP contribution in [0.25, 0.3) is 0 Å². The van der Waals surface area contributed by atoms with Crippen LogP contribution >= 0.6 is 0 Å². The lowest BCUT2D eigenvalue weighted by molar-refractivity contribution is 0.148. The van der Waals surface area contributed by atoms with Crippen LogP contribution < -0.4 is 5.32 Å². The number of aliphatic hydroxyl groups is 1. The highest BCUT2D eigenvalue weighted by Gasteiger charge is 2.08. The summed E-state index contributed by atoms with van der Waals surface area (Å²) >= 11 is 0. The highest BCUT2D eigenvalue weighted by atomic mass is 19.1. The highest BCUT2D eigenvalue weighted by molar-refractivity contribution is 5.16. The monoisotopic (exact) mass is 227 g/mol. The molecule has 1 unspecified atom stereocenters. The zero-order valence-corrected chi connectivity index (χ0v) is 9.45. The van der Waals surface area contributed by atoms with Gasteiger partial charge in [-0.3, -0.25) is 0 Å². The van der Waals surface area contributed by atoms with Crippen molar-refractivity contribution in [2.45, 2.75) is 19.0 Å². The summed E-state index contributed by atoms with van der Waals surface area (Å²) in [6.45, 7) is 1.05. The number of methoxy groups -OCH3 is 1. The van der Waals surface area contributed by atoms with Gasteiger partial charge in [0.2, 0.25) is 0 Å². The number of halogens is 1. The molecule has 0 heterocycles. The molecular formula is C12H18FNO2. The third-order valence-corrected chi connectivity index (χ3v) is 2.38. The zero-order chi connectivity index (χ0) is 11.8. The van der Waals surface area contributed by atoms with Crippen molar-refractivity contribution in [3.8, 4) is 0 Å². The average molecular weight is 227 g/mol. The number of nitrogens with one attached hydrogen (secondary N) is 1. The first-order chi connectivity index (χ1) is 7.77. The normalized spacial score (nSPS) is 12.7. The summed E-state index contributed by atoms with van der Waals surface area (Å²) in [5.41, 5.74) is 0.626. The van der Waals surface area contributed by atoms with E-state index in [2.05, 4.69) is 5.32 Å². The van der Waals surface area contributed by atoms with Crippen molar-refractivity contribution >= 4 is 0 Å². The first kappa shape index (κ1) is 13.1. The van der Waals surface area contributed by atoms with E-state index >= 15 is 0 Å². The van der Waals surface area contributed by atoms with Crippen molar-refractivity contribution in [1.29, 1.82) is 0 Å². The van der Waals surface area contributed by atoms with Crippen molar-refractivity contribution in [1.82, 2.24) is 5.32 Å². The maximum atomic E-state index is 13.3. The molecule has 0 radical (unpaired) electrons. The third-order valence-electron chi connectivity index (χ3n) is 2.38. The predicted molar refractivity (Wildman–Crippen MR) is 60.6 cm³/mol. The average Bonchev–Trinajstić information content (AvgIpc) is 2.28. The molecule has 1 aromatic rings. The fourth-order valence-corrected chi connectivity index (χ4v) is 1.50. The quantitative estimate of drug-likeness (QED) is 0.738. The molecule has 0 amide bonds. The largest absolute Gasteiger partial charge is 0.396 e. The van der Waals surface area contributed by atoms with Crippen molar-refractivity contribution in [2.24, 2.45) is 0 Å². The Morgan fingerprint density at radius 1 is 1.44 bits per heavy atom. The molecule has 1 atom stereocenters. The minimum atomic E-state index is -0.213. The van der Waals surface area contributed by atoms with Crippen molar-refractivity contribution in [2.75, 3.05) is 20.3 Å². The molecule has 2 N–H and O–H groups in total. The van der Waals surface area contributed by atoms with Crippen molar-refractivity contribution in [3.63, 3.8) is 0 Å². The number of aliphatic hydroxyl groups excluding tert-OH is 1. The summed E-state index contributed by atoms with van der Waals surface area (Å²) in [5.74, 6) is -0.213. The minimum Gasteiger partial charge on any atom is -0.396 e. The van der Waals surface area contributed by atoms with E-state index in [1.165, 1.54) is 6.07 Å². The molecule has 0 bridgehead atoms. The molecule has 0 aliphatic carbocycles. The first-order valence-electron chi connectivity index (χ1n) is 5.34. The second-order valence-corrected chi connectivity index (χ2v) is 3.64. The van der Waals surface area contributed by atoms with Gasteiger partial charge in [-0.05, 0) is 12.5 Å². The van der Waals surface area contributed by atoms with Crippen LogP contribution in [0.3, 0.4) is 0 Å². The van der Waals surface area contributed by atoms with Crippen LogP contribution in [-0.4, -0.2) is 31.5 Å². The predicted octanol–water partition coefficient (Wildman–Crippen LogP) is 1.31. The second-order valence-electron chi connectivity index (χ2n) is 3.64. The van der Waals surface area contributed by atoms with Crippen molar-refractivity contribution < 1.29 is 14.2 Å². The molecule has 16 heavy (non-hydrogen) atoms.